The summed E-state index contributed by atoms with van der Waals surface area (Å²) in [5.41, 5.74) is 2.54. The zero-order valence-corrected chi connectivity index (χ0v) is 22.4. The summed E-state index contributed by atoms with van der Waals surface area (Å²) in [6.07, 6.45) is 10.9. The fourth-order valence-electron chi connectivity index (χ4n) is 3.04. The van der Waals surface area contributed by atoms with Crippen LogP contribution in [0.15, 0.2) is 113 Å². The maximum atomic E-state index is 7.50. The molecule has 0 saturated carbocycles. The van der Waals surface area contributed by atoms with Crippen molar-refractivity contribution in [1.82, 2.24) is 29.1 Å². The second-order valence-electron chi connectivity index (χ2n) is 7.17. The molecule has 0 bridgehead atoms. The molecule has 177 valence electrons. The summed E-state index contributed by atoms with van der Waals surface area (Å²) in [6, 6.07) is 20.4. The average Bonchev–Trinajstić information content (AvgIpc) is 3.65. The summed E-state index contributed by atoms with van der Waals surface area (Å²) in [5, 5.41) is 12.7. The first-order chi connectivity index (χ1) is 16.6. The molecule has 5 aromatic rings. The fraction of sp³-hybridized carbons (Fsp3) is 0.0833. The normalized spacial score (nSPS) is 9.86. The van der Waals surface area contributed by atoms with E-state index in [4.69, 9.17) is 17.3 Å². The van der Waals surface area contributed by atoms with E-state index >= 15 is 0 Å². The Kier molecular flexibility index (Phi) is 11.7. The Morgan fingerprint density at radius 2 is 1.23 bits per heavy atom. The molecule has 0 aliphatic rings. The van der Waals surface area contributed by atoms with Gasteiger partial charge in [0, 0.05) is 23.5 Å². The molecule has 0 fully saturated rings. The van der Waals surface area contributed by atoms with Gasteiger partial charge in [0.05, 0.1) is 0 Å². The minimum atomic E-state index is -0.194. The fourth-order valence-corrected chi connectivity index (χ4v) is 4.24. The number of aryl methyl sites for hydroxylation is 2. The minimum Gasteiger partial charge on any atom is -0.425 e. The van der Waals surface area contributed by atoms with Gasteiger partial charge in [-0.2, -0.15) is 4.90 Å². The van der Waals surface area contributed by atoms with E-state index in [-0.39, 0.29) is 26.6 Å². The van der Waals surface area contributed by atoms with Crippen molar-refractivity contribution in [1.29, 1.82) is 0 Å². The zero-order valence-electron chi connectivity index (χ0n) is 19.1. The first kappa shape index (κ1) is 28.3. The Balaban J connectivity index is 0.000000225. The van der Waals surface area contributed by atoms with Crippen LogP contribution in [0.2, 0.25) is 0 Å². The number of nitrogens with zero attached hydrogens (tertiary/aromatic N) is 6. The van der Waals surface area contributed by atoms with E-state index in [1.807, 2.05) is 42.9 Å². The van der Waals surface area contributed by atoms with E-state index < -0.39 is 0 Å². The van der Waals surface area contributed by atoms with Crippen LogP contribution in [-0.4, -0.2) is 36.2 Å². The van der Waals surface area contributed by atoms with Crippen molar-refractivity contribution in [3.8, 4) is 0 Å². The largest absolute Gasteiger partial charge is 2.00 e. The predicted octanol–water partition coefficient (Wildman–Crippen LogP) is 4.53. The summed E-state index contributed by atoms with van der Waals surface area (Å²) in [5.74, 6) is 0. The molecule has 0 aliphatic carbocycles. The molecule has 0 spiro atoms. The standard InChI is InChI=1S/C14H14S2.C9H9BN6.CO.Ru/c1-10-3-6-12(7-4-10)16-14-9-11(2)5-8-13(14)15;1-4-11-14(7-1)10(15-8-2-5-12-15)16-9-3-6-13-16;1-2;/h3-9,15H,1-2H3;1-9H;;/q;-1;;+2/p-1. The van der Waals surface area contributed by atoms with Gasteiger partial charge in [-0.1, -0.05) is 47.2 Å². The Hall–Kier alpha value is -2.93. The Morgan fingerprint density at radius 3 is 1.66 bits per heavy atom. The predicted molar refractivity (Wildman–Crippen MR) is 135 cm³/mol. The second-order valence-corrected chi connectivity index (χ2v) is 8.73. The van der Waals surface area contributed by atoms with E-state index in [1.165, 1.54) is 20.9 Å². The molecule has 0 aliphatic heterocycles. The van der Waals surface area contributed by atoms with Crippen LogP contribution < -0.4 is 0 Å². The van der Waals surface area contributed by atoms with Crippen molar-refractivity contribution in [2.45, 2.75) is 28.5 Å². The summed E-state index contributed by atoms with van der Waals surface area (Å²) in [4.78, 5) is 3.33. The Bertz CT molecular complexity index is 1200. The Morgan fingerprint density at radius 1 is 0.771 bits per heavy atom. The molecule has 2 aromatic carbocycles. The zero-order chi connectivity index (χ0) is 24.3. The minimum absolute atomic E-state index is 0. The van der Waals surface area contributed by atoms with Gasteiger partial charge in [-0.3, -0.25) is 0 Å². The van der Waals surface area contributed by atoms with E-state index in [1.54, 1.807) is 44.1 Å². The number of aromatic nitrogens is 6. The van der Waals surface area contributed by atoms with Crippen LogP contribution in [0.1, 0.15) is 11.1 Å². The van der Waals surface area contributed by atoms with E-state index in [0.717, 1.165) is 4.90 Å². The van der Waals surface area contributed by atoms with Gasteiger partial charge in [-0.05, 0) is 73.7 Å². The summed E-state index contributed by atoms with van der Waals surface area (Å²) in [6.45, 7) is 8.69. The molecule has 3 aromatic heterocycles. The molecule has 0 N–H and O–H groups in total. The van der Waals surface area contributed by atoms with E-state index in [2.05, 4.69) is 72.2 Å². The molecule has 5 rings (SSSR count). The second kappa shape index (κ2) is 14.5. The van der Waals surface area contributed by atoms with Gasteiger partial charge in [0.2, 0.25) is 0 Å². The van der Waals surface area contributed by atoms with Crippen molar-refractivity contribution in [3.63, 3.8) is 0 Å². The first-order valence-electron chi connectivity index (χ1n) is 10.3. The monoisotopic (exact) mass is 587 g/mol. The molecular formula is C24H22BN6ORuS2. The maximum Gasteiger partial charge on any atom is 2.00 e. The summed E-state index contributed by atoms with van der Waals surface area (Å²) in [7, 11) is -0.194. The molecule has 0 atom stereocenters. The van der Waals surface area contributed by atoms with Crippen LogP contribution in [0.25, 0.3) is 0 Å². The van der Waals surface area contributed by atoms with Gasteiger partial charge >= 0.3 is 30.8 Å². The number of hydrogen-bond donors (Lipinski definition) is 0. The molecule has 7 nitrogen and oxygen atoms in total. The average molecular weight is 586 g/mol. The van der Waals surface area contributed by atoms with Gasteiger partial charge in [-0.15, -0.1) is 0 Å². The Labute approximate surface area is 228 Å². The van der Waals surface area contributed by atoms with E-state index in [9.17, 15) is 0 Å². The van der Waals surface area contributed by atoms with Crippen LogP contribution >= 0.6 is 11.8 Å². The van der Waals surface area contributed by atoms with Crippen molar-refractivity contribution < 1.29 is 24.1 Å². The number of hydrogen-bond acceptors (Lipinski definition) is 5. The van der Waals surface area contributed by atoms with Crippen LogP contribution in [0.3, 0.4) is 0 Å². The molecule has 0 saturated heterocycles. The van der Waals surface area contributed by atoms with Crippen LogP contribution in [0.4, 0.5) is 0 Å². The molecule has 11 heteroatoms. The van der Waals surface area contributed by atoms with Crippen molar-refractivity contribution in [2.24, 2.45) is 0 Å². The van der Waals surface area contributed by atoms with Crippen molar-refractivity contribution >= 4 is 31.5 Å². The van der Waals surface area contributed by atoms with E-state index in [0.29, 0.717) is 0 Å². The smallest absolute Gasteiger partial charge is 0.425 e. The summed E-state index contributed by atoms with van der Waals surface area (Å²) < 4.78 is 12.9. The third kappa shape index (κ3) is 8.06. The van der Waals surface area contributed by atoms with Gasteiger partial charge in [0.15, 0.2) is 0 Å². The van der Waals surface area contributed by atoms with Crippen LogP contribution in [0.5, 0.6) is 0 Å². The van der Waals surface area contributed by atoms with Gasteiger partial charge in [0.1, 0.15) is 0 Å². The number of benzene rings is 2. The third-order valence-electron chi connectivity index (χ3n) is 4.63. The van der Waals surface area contributed by atoms with Crippen LogP contribution in [0, 0.1) is 20.5 Å². The maximum absolute atomic E-state index is 7.50. The molecule has 35 heavy (non-hydrogen) atoms. The van der Waals surface area contributed by atoms with Crippen molar-refractivity contribution in [2.75, 3.05) is 0 Å². The van der Waals surface area contributed by atoms with Gasteiger partial charge in [0.25, 0.3) is 7.12 Å². The first-order valence-corrected chi connectivity index (χ1v) is 11.5. The van der Waals surface area contributed by atoms with Crippen LogP contribution in [-0.2, 0) is 36.8 Å². The molecule has 0 amide bonds. The molecule has 0 unspecified atom stereocenters. The molecule has 3 heterocycles. The van der Waals surface area contributed by atoms with Gasteiger partial charge < -0.3 is 26.4 Å². The quantitative estimate of drug-likeness (QED) is 0.131. The van der Waals surface area contributed by atoms with Crippen molar-refractivity contribution in [3.05, 3.63) is 116 Å². The van der Waals surface area contributed by atoms with Gasteiger partial charge in [-0.25, -0.2) is 15.3 Å². The third-order valence-corrected chi connectivity index (χ3v) is 6.18. The molecule has 1 radical (unpaired) electrons. The SMILES string of the molecule is Cc1ccc(Sc2cc(C)ccc2[S-])cc1.[C-]#[O+].[Ru+2].c1cnn([B-](n2cccn2)n2cccn2)c1. The number of rotatable bonds is 5. The topological polar surface area (TPSA) is 73.4 Å². The molecular weight excluding hydrogens is 564 g/mol. The summed E-state index contributed by atoms with van der Waals surface area (Å²) >= 11 is 7.05.